The van der Waals surface area contributed by atoms with Gasteiger partial charge in [0.2, 0.25) is 11.8 Å². The summed E-state index contributed by atoms with van der Waals surface area (Å²) in [5, 5.41) is 9.38. The molecule has 2 aromatic rings. The van der Waals surface area contributed by atoms with E-state index in [0.29, 0.717) is 37.9 Å². The van der Waals surface area contributed by atoms with Gasteiger partial charge in [0.05, 0.1) is 12.5 Å². The summed E-state index contributed by atoms with van der Waals surface area (Å²) in [6.07, 6.45) is 2.76. The number of likely N-dealkylation sites (tertiary alicyclic amines) is 1. The fourth-order valence-corrected chi connectivity index (χ4v) is 4.59. The van der Waals surface area contributed by atoms with Crippen molar-refractivity contribution in [3.8, 4) is 5.75 Å². The molecule has 0 saturated carbocycles. The van der Waals surface area contributed by atoms with E-state index in [0.717, 1.165) is 29.7 Å². The predicted molar refractivity (Wildman–Crippen MR) is 122 cm³/mol. The van der Waals surface area contributed by atoms with Gasteiger partial charge >= 0.3 is 0 Å². The number of hydrogen-bond donors (Lipinski definition) is 2. The van der Waals surface area contributed by atoms with Gasteiger partial charge in [-0.25, -0.2) is 0 Å². The quantitative estimate of drug-likeness (QED) is 0.678. The van der Waals surface area contributed by atoms with Crippen LogP contribution in [0.1, 0.15) is 40.7 Å². The van der Waals surface area contributed by atoms with Gasteiger partial charge in [0.15, 0.2) is 5.78 Å². The normalized spacial score (nSPS) is 17.4. The standard InChI is InChI=1S/C25H29N3O4/c1-27-22-7-4-18(14-19(22)15-24(27)31)23(30)13-17-8-10-28(11-9-17)25(32)21(26)12-16-2-5-20(29)6-3-16/h2-7,14,17,21,29H,8-13,15,26H2,1H3/t21-/m0/s1. The van der Waals surface area contributed by atoms with E-state index in [4.69, 9.17) is 5.73 Å². The number of anilines is 1. The first kappa shape index (κ1) is 22.0. The summed E-state index contributed by atoms with van der Waals surface area (Å²) in [5.74, 6) is 0.479. The van der Waals surface area contributed by atoms with Crippen molar-refractivity contribution in [3.05, 3.63) is 59.2 Å². The highest BCUT2D eigenvalue weighted by atomic mass is 16.3. The van der Waals surface area contributed by atoms with Crippen LogP contribution in [0.15, 0.2) is 42.5 Å². The van der Waals surface area contributed by atoms with Gasteiger partial charge in [0.1, 0.15) is 5.75 Å². The van der Waals surface area contributed by atoms with Crippen LogP contribution >= 0.6 is 0 Å². The Bertz CT molecular complexity index is 1030. The molecule has 0 spiro atoms. The Labute approximate surface area is 187 Å². The van der Waals surface area contributed by atoms with E-state index in [1.165, 1.54) is 0 Å². The molecule has 1 atom stereocenters. The molecule has 32 heavy (non-hydrogen) atoms. The molecule has 0 aromatic heterocycles. The Morgan fingerprint density at radius 2 is 1.81 bits per heavy atom. The van der Waals surface area contributed by atoms with E-state index in [1.54, 1.807) is 47.2 Å². The van der Waals surface area contributed by atoms with Crippen LogP contribution in [0.3, 0.4) is 0 Å². The molecule has 7 nitrogen and oxygen atoms in total. The molecule has 1 fully saturated rings. The van der Waals surface area contributed by atoms with Crippen LogP contribution in [0.25, 0.3) is 0 Å². The summed E-state index contributed by atoms with van der Waals surface area (Å²) in [7, 11) is 1.75. The number of ketones is 1. The van der Waals surface area contributed by atoms with Crippen molar-refractivity contribution in [1.82, 2.24) is 4.90 Å². The van der Waals surface area contributed by atoms with E-state index >= 15 is 0 Å². The Hall–Kier alpha value is -3.19. The van der Waals surface area contributed by atoms with Crippen LogP contribution in [-0.2, 0) is 22.4 Å². The van der Waals surface area contributed by atoms with Gasteiger partial charge in [-0.05, 0) is 66.6 Å². The molecular weight excluding hydrogens is 406 g/mol. The molecule has 7 heteroatoms. The van der Waals surface area contributed by atoms with Crippen molar-refractivity contribution in [1.29, 1.82) is 0 Å². The van der Waals surface area contributed by atoms with Crippen molar-refractivity contribution in [2.45, 2.75) is 38.1 Å². The van der Waals surface area contributed by atoms with Crippen LogP contribution in [0.2, 0.25) is 0 Å². The van der Waals surface area contributed by atoms with E-state index in [1.807, 2.05) is 12.1 Å². The zero-order chi connectivity index (χ0) is 22.8. The number of likely N-dealkylation sites (N-methyl/N-ethyl adjacent to an activating group) is 1. The zero-order valence-electron chi connectivity index (χ0n) is 18.3. The first-order chi connectivity index (χ1) is 15.3. The summed E-state index contributed by atoms with van der Waals surface area (Å²) < 4.78 is 0. The fraction of sp³-hybridized carbons (Fsp3) is 0.400. The number of aromatic hydroxyl groups is 1. The molecule has 0 unspecified atom stereocenters. The molecule has 0 radical (unpaired) electrons. The third-order valence-electron chi connectivity index (χ3n) is 6.59. The molecule has 0 bridgehead atoms. The average molecular weight is 436 g/mol. The molecule has 168 valence electrons. The fourth-order valence-electron chi connectivity index (χ4n) is 4.59. The number of fused-ring (bicyclic) bond motifs is 1. The number of carbonyl (C=O) groups is 3. The number of phenols is 1. The molecule has 2 aliphatic rings. The van der Waals surface area contributed by atoms with Crippen molar-refractivity contribution >= 4 is 23.3 Å². The average Bonchev–Trinajstić information content (AvgIpc) is 3.08. The monoisotopic (exact) mass is 435 g/mol. The van der Waals surface area contributed by atoms with E-state index in [-0.39, 0.29) is 29.3 Å². The van der Waals surface area contributed by atoms with Crippen molar-refractivity contribution < 1.29 is 19.5 Å². The Kier molecular flexibility index (Phi) is 6.28. The number of carbonyl (C=O) groups excluding carboxylic acids is 3. The van der Waals surface area contributed by atoms with Crippen LogP contribution in [0.4, 0.5) is 5.69 Å². The second-order valence-corrected chi connectivity index (χ2v) is 8.85. The van der Waals surface area contributed by atoms with Crippen molar-refractivity contribution in [2.24, 2.45) is 11.7 Å². The largest absolute Gasteiger partial charge is 0.508 e. The summed E-state index contributed by atoms with van der Waals surface area (Å²) in [4.78, 5) is 40.8. The maximum Gasteiger partial charge on any atom is 0.239 e. The lowest BCUT2D eigenvalue weighted by Crippen LogP contribution is -2.48. The van der Waals surface area contributed by atoms with Crippen LogP contribution in [0, 0.1) is 5.92 Å². The zero-order valence-corrected chi connectivity index (χ0v) is 18.3. The summed E-state index contributed by atoms with van der Waals surface area (Å²) in [5.41, 5.74) is 9.49. The van der Waals surface area contributed by atoms with E-state index in [2.05, 4.69) is 0 Å². The number of Topliss-reactive ketones (excluding diaryl/α,β-unsaturated/α-hetero) is 1. The molecule has 1 saturated heterocycles. The number of piperidine rings is 1. The van der Waals surface area contributed by atoms with Gasteiger partial charge in [-0.3, -0.25) is 14.4 Å². The first-order valence-corrected chi connectivity index (χ1v) is 11.1. The molecule has 2 amide bonds. The number of rotatable bonds is 6. The number of phenolic OH excluding ortho intramolecular Hbond substituents is 1. The minimum atomic E-state index is -0.620. The Morgan fingerprint density at radius 1 is 1.12 bits per heavy atom. The minimum Gasteiger partial charge on any atom is -0.508 e. The number of hydrogen-bond acceptors (Lipinski definition) is 5. The van der Waals surface area contributed by atoms with Gasteiger partial charge in [0.25, 0.3) is 0 Å². The highest BCUT2D eigenvalue weighted by Crippen LogP contribution is 2.30. The molecule has 2 aliphatic heterocycles. The first-order valence-electron chi connectivity index (χ1n) is 11.1. The molecule has 0 aliphatic carbocycles. The molecular formula is C25H29N3O4. The number of nitrogens with zero attached hydrogens (tertiary/aromatic N) is 2. The van der Waals surface area contributed by atoms with Gasteiger partial charge < -0.3 is 20.6 Å². The minimum absolute atomic E-state index is 0.0465. The molecule has 2 heterocycles. The van der Waals surface area contributed by atoms with Crippen LogP contribution in [0.5, 0.6) is 5.75 Å². The number of benzene rings is 2. The lowest BCUT2D eigenvalue weighted by Gasteiger charge is -2.33. The summed E-state index contributed by atoms with van der Waals surface area (Å²) in [6.45, 7) is 1.20. The Balaban J connectivity index is 1.28. The van der Waals surface area contributed by atoms with Crippen LogP contribution in [-0.4, -0.2) is 53.8 Å². The summed E-state index contributed by atoms with van der Waals surface area (Å²) in [6, 6.07) is 11.6. The highest BCUT2D eigenvalue weighted by molar-refractivity contribution is 6.03. The van der Waals surface area contributed by atoms with Crippen molar-refractivity contribution in [2.75, 3.05) is 25.0 Å². The lowest BCUT2D eigenvalue weighted by atomic mass is 9.89. The lowest BCUT2D eigenvalue weighted by molar-refractivity contribution is -0.134. The number of nitrogens with two attached hydrogens (primary N) is 1. The van der Waals surface area contributed by atoms with Gasteiger partial charge in [-0.1, -0.05) is 12.1 Å². The van der Waals surface area contributed by atoms with E-state index < -0.39 is 6.04 Å². The third kappa shape index (κ3) is 4.67. The SMILES string of the molecule is CN1C(=O)Cc2cc(C(=O)CC3CCN(C(=O)[C@@H](N)Cc4ccc(O)cc4)CC3)ccc21. The summed E-state index contributed by atoms with van der Waals surface area (Å²) >= 11 is 0. The second kappa shape index (κ2) is 9.12. The third-order valence-corrected chi connectivity index (χ3v) is 6.59. The predicted octanol–water partition coefficient (Wildman–Crippen LogP) is 2.29. The van der Waals surface area contributed by atoms with Crippen LogP contribution < -0.4 is 10.6 Å². The maximum atomic E-state index is 12.8. The topological polar surface area (TPSA) is 104 Å². The molecule has 4 rings (SSSR count). The smallest absolute Gasteiger partial charge is 0.239 e. The van der Waals surface area contributed by atoms with Gasteiger partial charge in [-0.15, -0.1) is 0 Å². The second-order valence-electron chi connectivity index (χ2n) is 8.85. The van der Waals surface area contributed by atoms with Gasteiger partial charge in [0, 0.05) is 37.8 Å². The molecule has 2 aromatic carbocycles. The van der Waals surface area contributed by atoms with Crippen molar-refractivity contribution in [3.63, 3.8) is 0 Å². The maximum absolute atomic E-state index is 12.8. The van der Waals surface area contributed by atoms with Gasteiger partial charge in [-0.2, -0.15) is 0 Å². The molecule has 3 N–H and O–H groups in total. The highest BCUT2D eigenvalue weighted by Gasteiger charge is 2.29. The number of amides is 2. The van der Waals surface area contributed by atoms with E-state index in [9.17, 15) is 19.5 Å². The Morgan fingerprint density at radius 3 is 2.50 bits per heavy atom.